The molecule has 0 aliphatic heterocycles. The van der Waals surface area contributed by atoms with Crippen LogP contribution in [0.15, 0.2) is 41.3 Å². The van der Waals surface area contributed by atoms with Gasteiger partial charge in [0.05, 0.1) is 16.5 Å². The predicted octanol–water partition coefficient (Wildman–Crippen LogP) is 4.01. The Morgan fingerprint density at radius 3 is 2.53 bits per heavy atom. The normalized spacial score (nSPS) is 11.4. The molecule has 3 aromatic rings. The number of nitrogens with one attached hydrogen (secondary N) is 1. The number of hydrogen-bond donors (Lipinski definition) is 1. The van der Waals surface area contributed by atoms with E-state index in [4.69, 9.17) is 27.9 Å². The summed E-state index contributed by atoms with van der Waals surface area (Å²) in [6.07, 6.45) is 1.58. The first-order valence-corrected chi connectivity index (χ1v) is 11.2. The van der Waals surface area contributed by atoms with E-state index in [0.717, 1.165) is 0 Å². The van der Waals surface area contributed by atoms with E-state index >= 15 is 0 Å². The fraction of sp³-hybridized carbons (Fsp3) is 0.211. The lowest BCUT2D eigenvalue weighted by atomic mass is 10.2. The molecule has 1 N–H and O–H groups in total. The maximum absolute atomic E-state index is 12.0. The molecule has 0 aliphatic rings. The summed E-state index contributed by atoms with van der Waals surface area (Å²) in [4.78, 5) is 20.2. The van der Waals surface area contributed by atoms with Gasteiger partial charge in [0, 0.05) is 36.0 Å². The number of ether oxygens (including phenoxy) is 1. The van der Waals surface area contributed by atoms with E-state index in [1.165, 1.54) is 29.7 Å². The van der Waals surface area contributed by atoms with Crippen LogP contribution in [0.4, 0.5) is 5.82 Å². The molecule has 0 spiro atoms. The van der Waals surface area contributed by atoms with Crippen molar-refractivity contribution in [3.63, 3.8) is 0 Å². The van der Waals surface area contributed by atoms with Gasteiger partial charge in [-0.25, -0.2) is 8.42 Å². The minimum absolute atomic E-state index is 0.0217. The molecular weight excluding hydrogens is 451 g/mol. The highest BCUT2D eigenvalue weighted by Gasteiger charge is 2.16. The van der Waals surface area contributed by atoms with E-state index in [-0.39, 0.29) is 28.2 Å². The zero-order chi connectivity index (χ0) is 22.1. The second-order valence-electron chi connectivity index (χ2n) is 6.43. The number of sulfonamides is 1. The summed E-state index contributed by atoms with van der Waals surface area (Å²) in [6.45, 7) is 3.26. The molecule has 0 radical (unpaired) electrons. The molecule has 11 heteroatoms. The average Bonchev–Trinajstić information content (AvgIpc) is 2.66. The van der Waals surface area contributed by atoms with Gasteiger partial charge in [-0.15, -0.1) is 0 Å². The molecule has 0 bridgehead atoms. The van der Waals surface area contributed by atoms with E-state index in [9.17, 15) is 13.2 Å². The highest BCUT2D eigenvalue weighted by Crippen LogP contribution is 2.35. The van der Waals surface area contributed by atoms with Crippen LogP contribution in [-0.2, 0) is 17.1 Å². The molecular formula is C19H18Cl2N4O4S. The molecule has 30 heavy (non-hydrogen) atoms. The van der Waals surface area contributed by atoms with E-state index in [1.54, 1.807) is 32.3 Å². The zero-order valence-electron chi connectivity index (χ0n) is 16.3. The van der Waals surface area contributed by atoms with Crippen LogP contribution >= 0.6 is 23.2 Å². The van der Waals surface area contributed by atoms with Gasteiger partial charge in [-0.05, 0) is 37.6 Å². The number of nitrogens with zero attached hydrogens (tertiary/aromatic N) is 3. The smallest absolute Gasteiger partial charge is 0.324 e. The summed E-state index contributed by atoms with van der Waals surface area (Å²) >= 11 is 12.2. The van der Waals surface area contributed by atoms with Crippen molar-refractivity contribution in [3.8, 4) is 23.0 Å². The Kier molecular flexibility index (Phi) is 6.35. The number of aromatic nitrogens is 3. The average molecular weight is 469 g/mol. The summed E-state index contributed by atoms with van der Waals surface area (Å²) in [5.41, 5.74) is 1.38. The molecule has 1 aromatic carbocycles. The maximum atomic E-state index is 12.0. The zero-order valence-corrected chi connectivity index (χ0v) is 18.6. The molecule has 0 saturated carbocycles. The van der Waals surface area contributed by atoms with Gasteiger partial charge >= 0.3 is 6.01 Å². The minimum Gasteiger partial charge on any atom is -0.422 e. The van der Waals surface area contributed by atoms with Gasteiger partial charge in [0.2, 0.25) is 15.6 Å². The summed E-state index contributed by atoms with van der Waals surface area (Å²) < 4.78 is 33.6. The number of rotatable bonds is 6. The van der Waals surface area contributed by atoms with Gasteiger partial charge in [-0.2, -0.15) is 9.97 Å². The molecule has 0 atom stereocenters. The van der Waals surface area contributed by atoms with Crippen molar-refractivity contribution in [2.24, 2.45) is 7.05 Å². The standard InChI is InChI=1S/C19H18Cl2N4O4S/c1-4-30(27,28)24-16-9-15(12-5-6-17(26)25(3)10-12)22-19(23-16)29-18-11(2)7-13(20)8-14(18)21/h5-10H,4H2,1-3H3,(H,22,23,24). The fourth-order valence-corrected chi connectivity index (χ4v) is 3.76. The van der Waals surface area contributed by atoms with Crippen LogP contribution in [0.2, 0.25) is 10.0 Å². The fourth-order valence-electron chi connectivity index (χ4n) is 2.56. The van der Waals surface area contributed by atoms with Crippen molar-refractivity contribution in [2.75, 3.05) is 10.5 Å². The monoisotopic (exact) mass is 468 g/mol. The van der Waals surface area contributed by atoms with Gasteiger partial charge in [-0.1, -0.05) is 23.2 Å². The van der Waals surface area contributed by atoms with E-state index in [1.807, 2.05) is 0 Å². The Labute approximate surface area is 183 Å². The minimum atomic E-state index is -3.59. The molecule has 0 unspecified atom stereocenters. The van der Waals surface area contributed by atoms with Crippen LogP contribution in [0, 0.1) is 6.92 Å². The molecule has 0 fully saturated rings. The van der Waals surface area contributed by atoms with E-state index < -0.39 is 10.0 Å². The lowest BCUT2D eigenvalue weighted by Crippen LogP contribution is -2.16. The Morgan fingerprint density at radius 2 is 1.90 bits per heavy atom. The van der Waals surface area contributed by atoms with Crippen molar-refractivity contribution in [3.05, 3.63) is 62.5 Å². The molecule has 2 heterocycles. The van der Waals surface area contributed by atoms with Crippen molar-refractivity contribution in [1.82, 2.24) is 14.5 Å². The number of benzene rings is 1. The van der Waals surface area contributed by atoms with Crippen LogP contribution in [0.25, 0.3) is 11.3 Å². The number of aryl methyl sites for hydroxylation is 2. The highest BCUT2D eigenvalue weighted by molar-refractivity contribution is 7.92. The quantitative estimate of drug-likeness (QED) is 0.585. The molecule has 3 rings (SSSR count). The second kappa shape index (κ2) is 8.63. The van der Waals surface area contributed by atoms with Crippen molar-refractivity contribution in [2.45, 2.75) is 13.8 Å². The Balaban J connectivity index is 2.12. The van der Waals surface area contributed by atoms with Gasteiger partial charge in [0.25, 0.3) is 0 Å². The van der Waals surface area contributed by atoms with Gasteiger partial charge in [0.1, 0.15) is 5.82 Å². The van der Waals surface area contributed by atoms with Gasteiger partial charge < -0.3 is 9.30 Å². The van der Waals surface area contributed by atoms with Crippen molar-refractivity contribution < 1.29 is 13.2 Å². The van der Waals surface area contributed by atoms with Crippen LogP contribution in [0.5, 0.6) is 11.8 Å². The van der Waals surface area contributed by atoms with Gasteiger partial charge in [-0.3, -0.25) is 9.52 Å². The van der Waals surface area contributed by atoms with Crippen LogP contribution in [0.3, 0.4) is 0 Å². The Morgan fingerprint density at radius 1 is 1.17 bits per heavy atom. The third-order valence-electron chi connectivity index (χ3n) is 4.11. The lowest BCUT2D eigenvalue weighted by Gasteiger charge is -2.13. The molecule has 158 valence electrons. The lowest BCUT2D eigenvalue weighted by molar-refractivity contribution is 0.440. The molecule has 0 amide bonds. The number of pyridine rings is 1. The third kappa shape index (κ3) is 5.10. The van der Waals surface area contributed by atoms with E-state index in [0.29, 0.717) is 27.6 Å². The summed E-state index contributed by atoms with van der Waals surface area (Å²) in [5, 5.41) is 0.702. The number of anilines is 1. The topological polar surface area (TPSA) is 103 Å². The second-order valence-corrected chi connectivity index (χ2v) is 9.28. The van der Waals surface area contributed by atoms with Crippen molar-refractivity contribution in [1.29, 1.82) is 0 Å². The van der Waals surface area contributed by atoms with Crippen LogP contribution in [0.1, 0.15) is 12.5 Å². The van der Waals surface area contributed by atoms with Crippen LogP contribution in [-0.4, -0.2) is 28.7 Å². The summed E-state index contributed by atoms with van der Waals surface area (Å²) in [6, 6.07) is 7.48. The van der Waals surface area contributed by atoms with Gasteiger partial charge in [0.15, 0.2) is 5.75 Å². The summed E-state index contributed by atoms with van der Waals surface area (Å²) in [7, 11) is -1.99. The molecule has 8 nitrogen and oxygen atoms in total. The predicted molar refractivity (Wildman–Crippen MR) is 117 cm³/mol. The van der Waals surface area contributed by atoms with Crippen LogP contribution < -0.4 is 15.0 Å². The Bertz CT molecular complexity index is 1250. The number of halogens is 2. The SMILES string of the molecule is CCS(=O)(=O)Nc1cc(-c2ccc(=O)n(C)c2)nc(Oc2c(C)cc(Cl)cc2Cl)n1. The largest absolute Gasteiger partial charge is 0.422 e. The molecule has 0 aliphatic carbocycles. The molecule has 0 saturated heterocycles. The maximum Gasteiger partial charge on any atom is 0.324 e. The first-order valence-electron chi connectivity index (χ1n) is 8.78. The Hall–Kier alpha value is -2.62. The highest BCUT2D eigenvalue weighted by atomic mass is 35.5. The van der Waals surface area contributed by atoms with Crippen molar-refractivity contribution >= 4 is 39.0 Å². The number of hydrogen-bond acceptors (Lipinski definition) is 6. The third-order valence-corrected chi connectivity index (χ3v) is 5.89. The summed E-state index contributed by atoms with van der Waals surface area (Å²) in [5.74, 6) is 0.182. The first kappa shape index (κ1) is 22.1. The first-order chi connectivity index (χ1) is 14.1. The van der Waals surface area contributed by atoms with E-state index in [2.05, 4.69) is 14.7 Å². The molecule has 2 aromatic heterocycles.